The molecule has 2 unspecified atom stereocenters. The summed E-state index contributed by atoms with van der Waals surface area (Å²) in [7, 11) is 2.04. The number of nitrogens with one attached hydrogen (secondary N) is 1. The SMILES string of the molecule is Cc1cc(N2C(=S)NC(c3ccccn3)C2c2ccn(C)c2)ccc1Br. The monoisotopic (exact) mass is 426 g/mol. The number of pyridine rings is 1. The average Bonchev–Trinajstić information content (AvgIpc) is 3.21. The number of halogens is 1. The molecule has 1 fully saturated rings. The van der Waals surface area contributed by atoms with Gasteiger partial charge >= 0.3 is 0 Å². The Hall–Kier alpha value is -2.18. The zero-order valence-corrected chi connectivity index (χ0v) is 17.0. The van der Waals surface area contributed by atoms with Gasteiger partial charge in [0.1, 0.15) is 0 Å². The van der Waals surface area contributed by atoms with Crippen molar-refractivity contribution in [1.82, 2.24) is 14.9 Å². The summed E-state index contributed by atoms with van der Waals surface area (Å²) < 4.78 is 3.16. The summed E-state index contributed by atoms with van der Waals surface area (Å²) >= 11 is 9.31. The molecule has 26 heavy (non-hydrogen) atoms. The number of aromatic nitrogens is 2. The Morgan fingerprint density at radius 2 is 2.04 bits per heavy atom. The predicted molar refractivity (Wildman–Crippen MR) is 112 cm³/mol. The van der Waals surface area contributed by atoms with E-state index in [9.17, 15) is 0 Å². The van der Waals surface area contributed by atoms with E-state index < -0.39 is 0 Å². The minimum atomic E-state index is -0.00458. The third kappa shape index (κ3) is 3.04. The molecular weight excluding hydrogens is 408 g/mol. The maximum atomic E-state index is 5.73. The fourth-order valence-corrected chi connectivity index (χ4v) is 4.04. The van der Waals surface area contributed by atoms with Crippen LogP contribution in [0.3, 0.4) is 0 Å². The molecule has 1 N–H and O–H groups in total. The number of nitrogens with zero attached hydrogens (tertiary/aromatic N) is 3. The molecule has 0 amide bonds. The van der Waals surface area contributed by atoms with Crippen molar-refractivity contribution in [2.45, 2.75) is 19.0 Å². The molecule has 0 radical (unpaired) electrons. The summed E-state index contributed by atoms with van der Waals surface area (Å²) in [5.41, 5.74) is 4.45. The summed E-state index contributed by atoms with van der Waals surface area (Å²) in [5.74, 6) is 0. The molecule has 0 saturated carbocycles. The summed E-state index contributed by atoms with van der Waals surface area (Å²) in [6, 6.07) is 14.5. The smallest absolute Gasteiger partial charge is 0.174 e. The molecule has 1 aliphatic rings. The van der Waals surface area contributed by atoms with Gasteiger partial charge in [0.15, 0.2) is 5.11 Å². The molecule has 1 aliphatic heterocycles. The maximum absolute atomic E-state index is 5.73. The van der Waals surface area contributed by atoms with Gasteiger partial charge in [-0.15, -0.1) is 0 Å². The van der Waals surface area contributed by atoms with Crippen molar-refractivity contribution < 1.29 is 0 Å². The second kappa shape index (κ2) is 6.85. The van der Waals surface area contributed by atoms with Crippen LogP contribution >= 0.6 is 28.1 Å². The van der Waals surface area contributed by atoms with Crippen molar-refractivity contribution >= 4 is 38.9 Å². The number of hydrogen-bond donors (Lipinski definition) is 1. The summed E-state index contributed by atoms with van der Waals surface area (Å²) in [4.78, 5) is 6.77. The van der Waals surface area contributed by atoms with Crippen molar-refractivity contribution in [3.63, 3.8) is 0 Å². The van der Waals surface area contributed by atoms with Crippen LogP contribution in [0.15, 0.2) is 65.5 Å². The standard InChI is InChI=1S/C20H19BrN4S/c1-13-11-15(6-7-16(13)21)25-19(14-8-10-24(2)12-14)18(23-20(25)26)17-5-3-4-9-22-17/h3-12,18-19H,1-2H3,(H,23,26). The van der Waals surface area contributed by atoms with Gasteiger partial charge in [-0.25, -0.2) is 0 Å². The van der Waals surface area contributed by atoms with E-state index in [2.05, 4.69) is 79.3 Å². The molecule has 2 atom stereocenters. The van der Waals surface area contributed by atoms with Crippen molar-refractivity contribution in [1.29, 1.82) is 0 Å². The molecule has 3 heterocycles. The van der Waals surface area contributed by atoms with Crippen LogP contribution in [-0.2, 0) is 7.05 Å². The third-order valence-corrected chi connectivity index (χ3v) is 5.92. The molecule has 4 nitrogen and oxygen atoms in total. The van der Waals surface area contributed by atoms with E-state index in [1.165, 1.54) is 11.1 Å². The van der Waals surface area contributed by atoms with Crippen LogP contribution in [0.4, 0.5) is 5.69 Å². The normalized spacial score (nSPS) is 19.7. The average molecular weight is 427 g/mol. The Balaban J connectivity index is 1.83. The van der Waals surface area contributed by atoms with E-state index in [4.69, 9.17) is 12.2 Å². The molecule has 1 aromatic carbocycles. The molecule has 6 heteroatoms. The predicted octanol–water partition coefficient (Wildman–Crippen LogP) is 4.67. The Morgan fingerprint density at radius 3 is 2.69 bits per heavy atom. The fraction of sp³-hybridized carbons (Fsp3) is 0.200. The lowest BCUT2D eigenvalue weighted by Crippen LogP contribution is -2.29. The van der Waals surface area contributed by atoms with Crippen molar-refractivity contribution in [2.75, 3.05) is 4.90 Å². The first-order chi connectivity index (χ1) is 12.5. The zero-order valence-electron chi connectivity index (χ0n) is 14.6. The fourth-order valence-electron chi connectivity index (χ4n) is 3.45. The van der Waals surface area contributed by atoms with Crippen LogP contribution in [0, 0.1) is 6.92 Å². The van der Waals surface area contributed by atoms with Crippen LogP contribution in [0.25, 0.3) is 0 Å². The largest absolute Gasteiger partial charge is 0.357 e. The van der Waals surface area contributed by atoms with Crippen LogP contribution in [-0.4, -0.2) is 14.7 Å². The highest BCUT2D eigenvalue weighted by molar-refractivity contribution is 9.10. The molecule has 0 spiro atoms. The molecule has 2 aromatic heterocycles. The molecular formula is C20H19BrN4S. The topological polar surface area (TPSA) is 33.1 Å². The van der Waals surface area contributed by atoms with E-state index in [0.717, 1.165) is 21.0 Å². The van der Waals surface area contributed by atoms with Gasteiger partial charge in [0, 0.05) is 35.8 Å². The number of hydrogen-bond acceptors (Lipinski definition) is 2. The quantitative estimate of drug-likeness (QED) is 0.616. The summed E-state index contributed by atoms with van der Waals surface area (Å²) in [6.45, 7) is 2.09. The number of thiocarbonyl (C=S) groups is 1. The minimum absolute atomic E-state index is 0.00458. The van der Waals surface area contributed by atoms with Gasteiger partial charge in [0.2, 0.25) is 0 Å². The Morgan fingerprint density at radius 1 is 1.19 bits per heavy atom. The van der Waals surface area contributed by atoms with Crippen LogP contribution in [0.2, 0.25) is 0 Å². The lowest BCUT2D eigenvalue weighted by atomic mass is 9.98. The molecule has 132 valence electrons. The first-order valence-corrected chi connectivity index (χ1v) is 9.63. The van der Waals surface area contributed by atoms with Gasteiger partial charge in [-0.3, -0.25) is 4.98 Å². The van der Waals surface area contributed by atoms with Gasteiger partial charge in [-0.05, 0) is 66.7 Å². The van der Waals surface area contributed by atoms with Gasteiger partial charge in [0.05, 0.1) is 17.8 Å². The van der Waals surface area contributed by atoms with Crippen molar-refractivity contribution in [2.24, 2.45) is 7.05 Å². The Labute approximate surface area is 167 Å². The highest BCUT2D eigenvalue weighted by Gasteiger charge is 2.41. The Bertz CT molecular complexity index is 953. The van der Waals surface area contributed by atoms with E-state index in [0.29, 0.717) is 0 Å². The number of aryl methyl sites for hydroxylation is 2. The first-order valence-electron chi connectivity index (χ1n) is 8.43. The van der Waals surface area contributed by atoms with Crippen molar-refractivity contribution in [3.05, 3.63) is 82.3 Å². The zero-order chi connectivity index (χ0) is 18.3. The third-order valence-electron chi connectivity index (χ3n) is 4.71. The van der Waals surface area contributed by atoms with Crippen molar-refractivity contribution in [3.8, 4) is 0 Å². The van der Waals surface area contributed by atoms with Crippen LogP contribution < -0.4 is 10.2 Å². The highest BCUT2D eigenvalue weighted by atomic mass is 79.9. The van der Waals surface area contributed by atoms with Gasteiger partial charge in [-0.1, -0.05) is 22.0 Å². The number of anilines is 1. The van der Waals surface area contributed by atoms with Gasteiger partial charge in [-0.2, -0.15) is 0 Å². The number of benzene rings is 1. The number of rotatable bonds is 3. The molecule has 0 bridgehead atoms. The van der Waals surface area contributed by atoms with Gasteiger partial charge in [0.25, 0.3) is 0 Å². The summed E-state index contributed by atoms with van der Waals surface area (Å²) in [5, 5.41) is 4.20. The molecule has 0 aliphatic carbocycles. The molecule has 3 aromatic rings. The van der Waals surface area contributed by atoms with E-state index in [1.807, 2.05) is 31.4 Å². The van der Waals surface area contributed by atoms with Crippen LogP contribution in [0.5, 0.6) is 0 Å². The van der Waals surface area contributed by atoms with Gasteiger partial charge < -0.3 is 14.8 Å². The second-order valence-corrected chi connectivity index (χ2v) is 7.78. The highest BCUT2D eigenvalue weighted by Crippen LogP contribution is 2.42. The van der Waals surface area contributed by atoms with E-state index in [-0.39, 0.29) is 12.1 Å². The maximum Gasteiger partial charge on any atom is 0.174 e. The lowest BCUT2D eigenvalue weighted by molar-refractivity contribution is 0.567. The Kier molecular flexibility index (Phi) is 4.54. The van der Waals surface area contributed by atoms with Crippen LogP contribution in [0.1, 0.15) is 28.9 Å². The first kappa shape index (κ1) is 17.2. The molecule has 1 saturated heterocycles. The van der Waals surface area contributed by atoms with E-state index in [1.54, 1.807) is 0 Å². The lowest BCUT2D eigenvalue weighted by Gasteiger charge is -2.27. The second-order valence-electron chi connectivity index (χ2n) is 6.54. The summed E-state index contributed by atoms with van der Waals surface area (Å²) in [6.07, 6.45) is 6.04. The van der Waals surface area contributed by atoms with E-state index >= 15 is 0 Å². The minimum Gasteiger partial charge on any atom is -0.357 e. The molecule has 4 rings (SSSR count).